The zero-order valence-corrected chi connectivity index (χ0v) is 17.5. The van der Waals surface area contributed by atoms with Crippen LogP contribution in [0.5, 0.6) is 0 Å². The number of nitriles is 1. The average Bonchev–Trinajstić information content (AvgIpc) is 3.11. The number of nitrogens with zero attached hydrogens (tertiary/aromatic N) is 5. The van der Waals surface area contributed by atoms with Crippen LogP contribution in [0.4, 0.5) is 5.69 Å². The summed E-state index contributed by atoms with van der Waals surface area (Å²) in [5.41, 5.74) is 1.83. The molecule has 3 aromatic rings. The molecule has 1 aromatic carbocycles. The number of amides is 1. The summed E-state index contributed by atoms with van der Waals surface area (Å²) in [6, 6.07) is 10.6. The van der Waals surface area contributed by atoms with Crippen molar-refractivity contribution in [3.05, 3.63) is 53.3 Å². The predicted octanol–water partition coefficient (Wildman–Crippen LogP) is 4.39. The van der Waals surface area contributed by atoms with Crippen LogP contribution in [0.3, 0.4) is 0 Å². The first-order valence-corrected chi connectivity index (χ1v) is 10.3. The van der Waals surface area contributed by atoms with Gasteiger partial charge in [-0.15, -0.1) is 10.2 Å². The Bertz CT molecular complexity index is 1050. The molecule has 0 saturated heterocycles. The summed E-state index contributed by atoms with van der Waals surface area (Å²) in [5.74, 6) is 0.565. The van der Waals surface area contributed by atoms with Crippen LogP contribution in [-0.4, -0.2) is 30.9 Å². The number of rotatable bonds is 7. The molecule has 9 heteroatoms. The quantitative estimate of drug-likeness (QED) is 0.562. The Morgan fingerprint density at radius 1 is 1.31 bits per heavy atom. The number of carbonyl (C=O) groups is 1. The second-order valence-electron chi connectivity index (χ2n) is 6.25. The lowest BCUT2D eigenvalue weighted by molar-refractivity contribution is -0.115. The number of hydrogen-bond acceptors (Lipinski definition) is 6. The monoisotopic (exact) mass is 426 g/mol. The van der Waals surface area contributed by atoms with Crippen molar-refractivity contribution in [2.75, 3.05) is 5.32 Å². The second-order valence-corrected chi connectivity index (χ2v) is 7.96. The van der Waals surface area contributed by atoms with Crippen LogP contribution in [0.15, 0.2) is 47.9 Å². The molecular formula is C20H19ClN6OS. The van der Waals surface area contributed by atoms with Gasteiger partial charge in [-0.05, 0) is 43.7 Å². The van der Waals surface area contributed by atoms with E-state index in [2.05, 4.69) is 27.4 Å². The molecule has 3 rings (SSSR count). The number of carbonyl (C=O) groups excluding carboxylic acids is 1. The zero-order chi connectivity index (χ0) is 20.8. The Balaban J connectivity index is 1.75. The van der Waals surface area contributed by atoms with Crippen LogP contribution in [-0.2, 0) is 11.3 Å². The van der Waals surface area contributed by atoms with Crippen LogP contribution in [0.1, 0.15) is 25.8 Å². The van der Waals surface area contributed by atoms with E-state index < -0.39 is 5.25 Å². The summed E-state index contributed by atoms with van der Waals surface area (Å²) in [6.45, 7) is 4.63. The van der Waals surface area contributed by atoms with Gasteiger partial charge in [-0.25, -0.2) is 0 Å². The molecule has 0 fully saturated rings. The molecule has 0 bridgehead atoms. The average molecular weight is 427 g/mol. The van der Waals surface area contributed by atoms with E-state index in [9.17, 15) is 4.79 Å². The minimum Gasteiger partial charge on any atom is -0.325 e. The van der Waals surface area contributed by atoms with Gasteiger partial charge >= 0.3 is 0 Å². The fourth-order valence-corrected chi connectivity index (χ4v) is 3.75. The highest BCUT2D eigenvalue weighted by Crippen LogP contribution is 2.28. The minimum atomic E-state index is -0.408. The number of pyridine rings is 1. The standard InChI is InChI=1S/C20H19ClN6OS/c1-3-10-27-18(14-6-8-23-9-7-14)25-26-20(27)29-13(2)19(28)24-16-5-4-15(12-22)17(21)11-16/h4-9,11,13H,3,10H2,1-2H3,(H,24,28). The Hall–Kier alpha value is -2.89. The first-order chi connectivity index (χ1) is 14.0. The molecule has 0 saturated carbocycles. The molecule has 1 atom stereocenters. The molecule has 7 nitrogen and oxygen atoms in total. The summed E-state index contributed by atoms with van der Waals surface area (Å²) >= 11 is 7.37. The molecule has 1 N–H and O–H groups in total. The molecule has 0 aliphatic heterocycles. The normalized spacial score (nSPS) is 11.7. The third-order valence-electron chi connectivity index (χ3n) is 4.11. The SMILES string of the molecule is CCCn1c(SC(C)C(=O)Nc2ccc(C#N)c(Cl)c2)nnc1-c1ccncc1. The van der Waals surface area contributed by atoms with Gasteiger partial charge in [0.05, 0.1) is 15.8 Å². The van der Waals surface area contributed by atoms with E-state index in [1.807, 2.05) is 29.7 Å². The Morgan fingerprint density at radius 2 is 2.07 bits per heavy atom. The van der Waals surface area contributed by atoms with E-state index >= 15 is 0 Å². The van der Waals surface area contributed by atoms with E-state index in [1.165, 1.54) is 11.8 Å². The number of thioether (sulfide) groups is 1. The maximum absolute atomic E-state index is 12.6. The molecular weight excluding hydrogens is 408 g/mol. The Kier molecular flexibility index (Phi) is 6.86. The number of halogens is 1. The summed E-state index contributed by atoms with van der Waals surface area (Å²) in [4.78, 5) is 16.7. The molecule has 148 valence electrons. The van der Waals surface area contributed by atoms with Crippen molar-refractivity contribution in [1.82, 2.24) is 19.7 Å². The number of benzene rings is 1. The van der Waals surface area contributed by atoms with Gasteiger partial charge in [0, 0.05) is 30.2 Å². The highest BCUT2D eigenvalue weighted by molar-refractivity contribution is 8.00. The summed E-state index contributed by atoms with van der Waals surface area (Å²) in [6.07, 6.45) is 4.34. The summed E-state index contributed by atoms with van der Waals surface area (Å²) in [5, 5.41) is 21.0. The first kappa shape index (κ1) is 20.8. The van der Waals surface area contributed by atoms with Crippen molar-refractivity contribution in [2.45, 2.75) is 37.2 Å². The van der Waals surface area contributed by atoms with Crippen LogP contribution in [0, 0.1) is 11.3 Å². The van der Waals surface area contributed by atoms with Crippen LogP contribution in [0.25, 0.3) is 11.4 Å². The van der Waals surface area contributed by atoms with Gasteiger partial charge < -0.3 is 9.88 Å². The minimum absolute atomic E-state index is 0.188. The molecule has 1 unspecified atom stereocenters. The largest absolute Gasteiger partial charge is 0.325 e. The second kappa shape index (κ2) is 9.54. The van der Waals surface area contributed by atoms with Gasteiger partial charge in [0.2, 0.25) is 5.91 Å². The van der Waals surface area contributed by atoms with E-state index in [0.29, 0.717) is 21.4 Å². The maximum Gasteiger partial charge on any atom is 0.237 e. The fraction of sp³-hybridized carbons (Fsp3) is 0.250. The highest BCUT2D eigenvalue weighted by Gasteiger charge is 2.21. The van der Waals surface area contributed by atoms with Crippen molar-refractivity contribution in [1.29, 1.82) is 5.26 Å². The lowest BCUT2D eigenvalue weighted by Crippen LogP contribution is -2.23. The predicted molar refractivity (Wildman–Crippen MR) is 114 cm³/mol. The topological polar surface area (TPSA) is 96.5 Å². The fourth-order valence-electron chi connectivity index (χ4n) is 2.65. The number of anilines is 1. The van der Waals surface area contributed by atoms with Crippen molar-refractivity contribution >= 4 is 35.0 Å². The van der Waals surface area contributed by atoms with E-state index in [0.717, 1.165) is 24.4 Å². The molecule has 2 aromatic heterocycles. The molecule has 0 radical (unpaired) electrons. The lowest BCUT2D eigenvalue weighted by Gasteiger charge is -2.13. The zero-order valence-electron chi connectivity index (χ0n) is 16.0. The van der Waals surface area contributed by atoms with Crippen molar-refractivity contribution in [2.24, 2.45) is 0 Å². The number of hydrogen-bond donors (Lipinski definition) is 1. The van der Waals surface area contributed by atoms with Crippen molar-refractivity contribution in [3.63, 3.8) is 0 Å². The molecule has 29 heavy (non-hydrogen) atoms. The van der Waals surface area contributed by atoms with Crippen molar-refractivity contribution < 1.29 is 4.79 Å². The van der Waals surface area contributed by atoms with E-state index in [-0.39, 0.29) is 5.91 Å². The highest BCUT2D eigenvalue weighted by atomic mass is 35.5. The van der Waals surface area contributed by atoms with Gasteiger partial charge in [-0.2, -0.15) is 5.26 Å². The molecule has 0 aliphatic carbocycles. The smallest absolute Gasteiger partial charge is 0.237 e. The molecule has 0 aliphatic rings. The third kappa shape index (κ3) is 4.94. The van der Waals surface area contributed by atoms with Gasteiger partial charge in [0.1, 0.15) is 6.07 Å². The molecule has 1 amide bonds. The molecule has 0 spiro atoms. The Morgan fingerprint density at radius 3 is 2.72 bits per heavy atom. The van der Waals surface area contributed by atoms with E-state index in [4.69, 9.17) is 16.9 Å². The van der Waals surface area contributed by atoms with Crippen molar-refractivity contribution in [3.8, 4) is 17.5 Å². The van der Waals surface area contributed by atoms with Gasteiger partial charge in [0.15, 0.2) is 11.0 Å². The Labute approximate surface area is 178 Å². The van der Waals surface area contributed by atoms with Crippen LogP contribution < -0.4 is 5.32 Å². The lowest BCUT2D eigenvalue weighted by atomic mass is 10.2. The number of nitrogens with one attached hydrogen (secondary N) is 1. The van der Waals surface area contributed by atoms with Crippen LogP contribution >= 0.6 is 23.4 Å². The third-order valence-corrected chi connectivity index (χ3v) is 5.50. The summed E-state index contributed by atoms with van der Waals surface area (Å²) < 4.78 is 2.02. The summed E-state index contributed by atoms with van der Waals surface area (Å²) in [7, 11) is 0. The van der Waals surface area contributed by atoms with Crippen LogP contribution in [0.2, 0.25) is 5.02 Å². The first-order valence-electron chi connectivity index (χ1n) is 9.04. The van der Waals surface area contributed by atoms with Gasteiger partial charge in [0.25, 0.3) is 0 Å². The van der Waals surface area contributed by atoms with Gasteiger partial charge in [-0.3, -0.25) is 9.78 Å². The molecule has 2 heterocycles. The number of aromatic nitrogens is 4. The van der Waals surface area contributed by atoms with E-state index in [1.54, 1.807) is 30.6 Å². The maximum atomic E-state index is 12.6. The van der Waals surface area contributed by atoms with Gasteiger partial charge in [-0.1, -0.05) is 30.3 Å².